The van der Waals surface area contributed by atoms with Crippen molar-refractivity contribution < 1.29 is 19.8 Å². The van der Waals surface area contributed by atoms with Crippen molar-refractivity contribution in [3.8, 4) is 0 Å². The van der Waals surface area contributed by atoms with E-state index in [4.69, 9.17) is 10.2 Å². The molecule has 0 bridgehead atoms. The van der Waals surface area contributed by atoms with Crippen LogP contribution >= 0.6 is 0 Å². The summed E-state index contributed by atoms with van der Waals surface area (Å²) >= 11 is 0. The zero-order chi connectivity index (χ0) is 12.6. The smallest absolute Gasteiger partial charge is 0.303 e. The highest BCUT2D eigenvalue weighted by molar-refractivity contribution is 5.76. The van der Waals surface area contributed by atoms with Crippen molar-refractivity contribution >= 4 is 11.9 Å². The molecule has 0 spiro atoms. The normalized spacial score (nSPS) is 11.2. The fourth-order valence-corrected chi connectivity index (χ4v) is 1.22. The number of hydrogen-bond acceptors (Lipinski definition) is 3. The van der Waals surface area contributed by atoms with Gasteiger partial charge in [0.05, 0.1) is 0 Å². The van der Waals surface area contributed by atoms with E-state index in [1.54, 1.807) is 0 Å². The highest BCUT2D eigenvalue weighted by Gasteiger charge is 2.17. The highest BCUT2D eigenvalue weighted by Crippen LogP contribution is 2.17. The van der Waals surface area contributed by atoms with Gasteiger partial charge in [-0.25, -0.2) is 0 Å². The lowest BCUT2D eigenvalue weighted by Gasteiger charge is -2.23. The van der Waals surface area contributed by atoms with Crippen LogP contribution < -0.4 is 5.32 Å². The Hall–Kier alpha value is -1.10. The average molecular weight is 231 g/mol. The van der Waals surface area contributed by atoms with Crippen LogP contribution in [0.1, 0.15) is 39.5 Å². The fraction of sp³-hybridized carbons (Fsp3) is 0.818. The van der Waals surface area contributed by atoms with Crippen molar-refractivity contribution in [1.82, 2.24) is 5.32 Å². The summed E-state index contributed by atoms with van der Waals surface area (Å²) in [4.78, 5) is 21.5. The van der Waals surface area contributed by atoms with E-state index in [2.05, 4.69) is 5.32 Å². The van der Waals surface area contributed by atoms with Crippen LogP contribution in [0.15, 0.2) is 0 Å². The summed E-state index contributed by atoms with van der Waals surface area (Å²) in [6.07, 6.45) is 1.25. The molecule has 5 nitrogen and oxygen atoms in total. The number of aliphatic carboxylic acids is 1. The number of carbonyl (C=O) groups is 2. The van der Waals surface area contributed by atoms with Crippen molar-refractivity contribution in [2.45, 2.75) is 39.5 Å². The Kier molecular flexibility index (Phi) is 6.72. The van der Waals surface area contributed by atoms with Crippen LogP contribution in [0.25, 0.3) is 0 Å². The van der Waals surface area contributed by atoms with Gasteiger partial charge in [0.15, 0.2) is 0 Å². The van der Waals surface area contributed by atoms with Gasteiger partial charge in [-0.2, -0.15) is 0 Å². The molecule has 0 aromatic heterocycles. The number of nitrogens with one attached hydrogen (secondary N) is 1. The minimum atomic E-state index is -0.881. The predicted molar refractivity (Wildman–Crippen MR) is 60.0 cm³/mol. The Morgan fingerprint density at radius 2 is 1.88 bits per heavy atom. The van der Waals surface area contributed by atoms with E-state index in [1.165, 1.54) is 0 Å². The van der Waals surface area contributed by atoms with Gasteiger partial charge in [-0.05, 0) is 18.3 Å². The largest absolute Gasteiger partial charge is 0.481 e. The van der Waals surface area contributed by atoms with Gasteiger partial charge in [0.1, 0.15) is 0 Å². The Morgan fingerprint density at radius 1 is 1.25 bits per heavy atom. The van der Waals surface area contributed by atoms with Crippen molar-refractivity contribution in [2.75, 3.05) is 13.2 Å². The number of aliphatic hydroxyl groups is 1. The lowest BCUT2D eigenvalue weighted by molar-refractivity contribution is -0.137. The third-order valence-electron chi connectivity index (χ3n) is 2.35. The molecule has 0 radical (unpaired) electrons. The predicted octanol–water partition coefficient (Wildman–Crippen LogP) is 0.766. The number of carboxylic acid groups (broad SMARTS) is 1. The van der Waals surface area contributed by atoms with E-state index < -0.39 is 5.97 Å². The molecule has 0 aliphatic rings. The van der Waals surface area contributed by atoms with Gasteiger partial charge in [0, 0.05) is 26.0 Å². The average Bonchev–Trinajstić information content (AvgIpc) is 2.14. The van der Waals surface area contributed by atoms with Crippen LogP contribution in [0.3, 0.4) is 0 Å². The lowest BCUT2D eigenvalue weighted by atomic mass is 9.90. The summed E-state index contributed by atoms with van der Waals surface area (Å²) in [5, 5.41) is 19.9. The van der Waals surface area contributed by atoms with Crippen LogP contribution in [0.5, 0.6) is 0 Å². The third kappa shape index (κ3) is 8.23. The number of rotatable bonds is 8. The van der Waals surface area contributed by atoms with Crippen molar-refractivity contribution in [3.63, 3.8) is 0 Å². The SMILES string of the molecule is CC(C)(CCO)CNC(=O)CCCC(=O)O. The molecule has 0 fully saturated rings. The third-order valence-corrected chi connectivity index (χ3v) is 2.35. The molecule has 94 valence electrons. The molecular formula is C11H21NO4. The Balaban J connectivity index is 3.68. The van der Waals surface area contributed by atoms with Gasteiger partial charge in [0.2, 0.25) is 5.91 Å². The first-order valence-electron chi connectivity index (χ1n) is 5.47. The van der Waals surface area contributed by atoms with E-state index in [9.17, 15) is 9.59 Å². The van der Waals surface area contributed by atoms with E-state index in [1.807, 2.05) is 13.8 Å². The van der Waals surface area contributed by atoms with Gasteiger partial charge in [0.25, 0.3) is 0 Å². The maximum Gasteiger partial charge on any atom is 0.303 e. The minimum absolute atomic E-state index is 0.0213. The molecule has 0 unspecified atom stereocenters. The van der Waals surface area contributed by atoms with Crippen molar-refractivity contribution in [1.29, 1.82) is 0 Å². The van der Waals surface area contributed by atoms with E-state index in [-0.39, 0.29) is 30.8 Å². The number of aliphatic hydroxyl groups excluding tert-OH is 1. The van der Waals surface area contributed by atoms with Crippen molar-refractivity contribution in [3.05, 3.63) is 0 Å². The Labute approximate surface area is 95.9 Å². The van der Waals surface area contributed by atoms with E-state index in [0.29, 0.717) is 19.4 Å². The standard InChI is InChI=1S/C11H21NO4/c1-11(2,6-7-13)8-12-9(14)4-3-5-10(15)16/h13H,3-8H2,1-2H3,(H,12,14)(H,15,16). The summed E-state index contributed by atoms with van der Waals surface area (Å²) in [6.45, 7) is 4.52. The van der Waals surface area contributed by atoms with Crippen LogP contribution in [-0.4, -0.2) is 35.2 Å². The molecule has 16 heavy (non-hydrogen) atoms. The van der Waals surface area contributed by atoms with Gasteiger partial charge in [-0.1, -0.05) is 13.8 Å². The topological polar surface area (TPSA) is 86.6 Å². The first-order valence-corrected chi connectivity index (χ1v) is 5.47. The lowest BCUT2D eigenvalue weighted by Crippen LogP contribution is -2.34. The molecule has 1 amide bonds. The highest BCUT2D eigenvalue weighted by atomic mass is 16.4. The van der Waals surface area contributed by atoms with Gasteiger partial charge in [-0.3, -0.25) is 9.59 Å². The summed E-state index contributed by atoms with van der Waals surface area (Å²) < 4.78 is 0. The first kappa shape index (κ1) is 14.9. The molecule has 3 N–H and O–H groups in total. The summed E-state index contributed by atoms with van der Waals surface area (Å²) in [5.41, 5.74) is -0.128. The summed E-state index contributed by atoms with van der Waals surface area (Å²) in [5.74, 6) is -1.01. The maximum absolute atomic E-state index is 11.3. The van der Waals surface area contributed by atoms with Gasteiger partial charge < -0.3 is 15.5 Å². The Bertz CT molecular complexity index is 238. The molecule has 0 saturated heterocycles. The molecular weight excluding hydrogens is 210 g/mol. The van der Waals surface area contributed by atoms with E-state index in [0.717, 1.165) is 0 Å². The number of carbonyl (C=O) groups excluding carboxylic acids is 1. The molecule has 0 aromatic carbocycles. The molecule has 0 heterocycles. The molecule has 0 rings (SSSR count). The van der Waals surface area contributed by atoms with Crippen LogP contribution in [0.4, 0.5) is 0 Å². The minimum Gasteiger partial charge on any atom is -0.481 e. The zero-order valence-electron chi connectivity index (χ0n) is 9.95. The van der Waals surface area contributed by atoms with Crippen LogP contribution in [0, 0.1) is 5.41 Å². The quantitative estimate of drug-likeness (QED) is 0.575. The first-order chi connectivity index (χ1) is 7.37. The molecule has 5 heteroatoms. The molecule has 0 aromatic rings. The maximum atomic E-state index is 11.3. The second-order valence-electron chi connectivity index (χ2n) is 4.66. The number of hydrogen-bond donors (Lipinski definition) is 3. The molecule has 0 aliphatic carbocycles. The van der Waals surface area contributed by atoms with Crippen LogP contribution in [0.2, 0.25) is 0 Å². The van der Waals surface area contributed by atoms with E-state index >= 15 is 0 Å². The molecule has 0 saturated carbocycles. The number of carboxylic acids is 1. The second kappa shape index (κ2) is 7.22. The fourth-order valence-electron chi connectivity index (χ4n) is 1.22. The molecule has 0 aliphatic heterocycles. The van der Waals surface area contributed by atoms with Crippen molar-refractivity contribution in [2.24, 2.45) is 5.41 Å². The second-order valence-corrected chi connectivity index (χ2v) is 4.66. The number of amides is 1. The Morgan fingerprint density at radius 3 is 2.38 bits per heavy atom. The van der Waals surface area contributed by atoms with Gasteiger partial charge >= 0.3 is 5.97 Å². The monoisotopic (exact) mass is 231 g/mol. The molecule has 0 atom stereocenters. The summed E-state index contributed by atoms with van der Waals surface area (Å²) in [7, 11) is 0. The van der Waals surface area contributed by atoms with Gasteiger partial charge in [-0.15, -0.1) is 0 Å². The van der Waals surface area contributed by atoms with Crippen LogP contribution in [-0.2, 0) is 9.59 Å². The zero-order valence-corrected chi connectivity index (χ0v) is 9.95. The summed E-state index contributed by atoms with van der Waals surface area (Å²) in [6, 6.07) is 0.